The van der Waals surface area contributed by atoms with E-state index >= 15 is 0 Å². The van der Waals surface area contributed by atoms with E-state index in [0.717, 1.165) is 48.4 Å². The Labute approximate surface area is 144 Å². The summed E-state index contributed by atoms with van der Waals surface area (Å²) in [6.07, 6.45) is 4.24. The van der Waals surface area contributed by atoms with E-state index in [0.29, 0.717) is 11.2 Å². The third kappa shape index (κ3) is 3.41. The molecule has 0 radical (unpaired) electrons. The number of nitrogens with two attached hydrogens (primary N) is 1. The molecule has 4 rings (SSSR count). The zero-order chi connectivity index (χ0) is 16.5. The Morgan fingerprint density at radius 2 is 2.04 bits per heavy atom. The molecule has 0 bridgehead atoms. The van der Waals surface area contributed by atoms with Gasteiger partial charge in [0, 0.05) is 24.6 Å². The van der Waals surface area contributed by atoms with Crippen LogP contribution in [0.15, 0.2) is 0 Å². The molecule has 1 atom stereocenters. The summed E-state index contributed by atoms with van der Waals surface area (Å²) in [5.41, 5.74) is 8.03. The van der Waals surface area contributed by atoms with Gasteiger partial charge in [0.25, 0.3) is 0 Å². The average Bonchev–Trinajstić information content (AvgIpc) is 3.31. The fraction of sp³-hybridized carbons (Fsp3) is 0.600. The maximum Gasteiger partial charge on any atom is 0.225 e. The summed E-state index contributed by atoms with van der Waals surface area (Å²) in [4.78, 5) is 9.49. The number of anilines is 3. The normalized spacial score (nSPS) is 18.5. The predicted octanol–water partition coefficient (Wildman–Crippen LogP) is 1.35. The highest BCUT2D eigenvalue weighted by Crippen LogP contribution is 2.29. The Morgan fingerprint density at radius 3 is 2.79 bits per heavy atom. The van der Waals surface area contributed by atoms with Crippen LogP contribution in [0.1, 0.15) is 42.1 Å². The zero-order valence-corrected chi connectivity index (χ0v) is 14.5. The number of nitrogens with one attached hydrogen (secondary N) is 3. The number of nitrogens with zero attached hydrogens (tertiary/aromatic N) is 4. The van der Waals surface area contributed by atoms with E-state index in [1.165, 1.54) is 29.7 Å². The summed E-state index contributed by atoms with van der Waals surface area (Å²) in [6.45, 7) is 3.95. The molecule has 1 unspecified atom stereocenters. The number of rotatable bonds is 5. The topological polar surface area (TPSA) is 114 Å². The molecule has 2 aromatic rings. The summed E-state index contributed by atoms with van der Waals surface area (Å²) >= 11 is 1.40. The fourth-order valence-electron chi connectivity index (χ4n) is 2.83. The molecule has 0 aromatic carbocycles. The van der Waals surface area contributed by atoms with Crippen molar-refractivity contribution in [2.75, 3.05) is 29.5 Å². The van der Waals surface area contributed by atoms with Gasteiger partial charge in [0.05, 0.1) is 11.7 Å². The highest BCUT2D eigenvalue weighted by atomic mass is 32.1. The molecule has 1 aliphatic heterocycles. The van der Waals surface area contributed by atoms with E-state index in [1.54, 1.807) is 0 Å². The Bertz CT molecular complexity index is 726. The van der Waals surface area contributed by atoms with Gasteiger partial charge in [-0.15, -0.1) is 10.2 Å². The molecule has 0 saturated heterocycles. The number of nitrogen functional groups attached to an aromatic ring is 1. The second-order valence-corrected chi connectivity index (χ2v) is 7.37. The van der Waals surface area contributed by atoms with Gasteiger partial charge >= 0.3 is 0 Å². The molecule has 5 N–H and O–H groups in total. The van der Waals surface area contributed by atoms with Crippen molar-refractivity contribution in [2.45, 2.75) is 44.7 Å². The van der Waals surface area contributed by atoms with Crippen LogP contribution >= 0.6 is 11.3 Å². The molecule has 2 aliphatic rings. The van der Waals surface area contributed by atoms with E-state index in [2.05, 4.69) is 33.1 Å². The monoisotopic (exact) mass is 346 g/mol. The van der Waals surface area contributed by atoms with Crippen LogP contribution in [0.4, 0.5) is 16.9 Å². The van der Waals surface area contributed by atoms with Gasteiger partial charge < -0.3 is 21.7 Å². The summed E-state index contributed by atoms with van der Waals surface area (Å²) in [5.74, 6) is 1.62. The van der Waals surface area contributed by atoms with Crippen molar-refractivity contribution >= 4 is 28.2 Å². The first-order chi connectivity index (χ1) is 11.7. The van der Waals surface area contributed by atoms with Gasteiger partial charge in [-0.2, -0.15) is 4.98 Å². The van der Waals surface area contributed by atoms with Crippen LogP contribution in [-0.2, 0) is 12.8 Å². The Kier molecular flexibility index (Phi) is 4.19. The molecule has 1 fully saturated rings. The van der Waals surface area contributed by atoms with Crippen LogP contribution in [-0.4, -0.2) is 39.3 Å². The van der Waals surface area contributed by atoms with Gasteiger partial charge in [-0.25, -0.2) is 4.98 Å². The Hall–Kier alpha value is -2.00. The van der Waals surface area contributed by atoms with Crippen molar-refractivity contribution in [3.8, 4) is 0 Å². The van der Waals surface area contributed by atoms with Crippen molar-refractivity contribution < 1.29 is 0 Å². The lowest BCUT2D eigenvalue weighted by Gasteiger charge is -2.18. The van der Waals surface area contributed by atoms with E-state index in [9.17, 15) is 0 Å². The SMILES string of the molecule is CC(Nc1nc(NC2CC2)nc2c1CCNCC2)c1nnc(N)s1. The van der Waals surface area contributed by atoms with Crippen LogP contribution in [0.5, 0.6) is 0 Å². The number of hydrogen-bond donors (Lipinski definition) is 4. The van der Waals surface area contributed by atoms with Crippen LogP contribution in [0.25, 0.3) is 0 Å². The molecule has 24 heavy (non-hydrogen) atoms. The van der Waals surface area contributed by atoms with E-state index < -0.39 is 0 Å². The molecule has 9 heteroatoms. The van der Waals surface area contributed by atoms with Gasteiger partial charge in [-0.3, -0.25) is 0 Å². The second kappa shape index (κ2) is 6.48. The van der Waals surface area contributed by atoms with Crippen molar-refractivity contribution in [2.24, 2.45) is 0 Å². The number of hydrogen-bond acceptors (Lipinski definition) is 9. The first-order valence-corrected chi connectivity index (χ1v) is 9.23. The lowest BCUT2D eigenvalue weighted by molar-refractivity contribution is 0.708. The quantitative estimate of drug-likeness (QED) is 0.641. The minimum atomic E-state index is 0.00351. The summed E-state index contributed by atoms with van der Waals surface area (Å²) < 4.78 is 0. The summed E-state index contributed by atoms with van der Waals surface area (Å²) in [7, 11) is 0. The van der Waals surface area contributed by atoms with Crippen LogP contribution in [0, 0.1) is 0 Å². The lowest BCUT2D eigenvalue weighted by atomic mass is 10.1. The first-order valence-electron chi connectivity index (χ1n) is 8.41. The minimum Gasteiger partial charge on any atom is -0.374 e. The van der Waals surface area contributed by atoms with Gasteiger partial charge in [0.15, 0.2) is 0 Å². The van der Waals surface area contributed by atoms with Crippen molar-refractivity contribution in [3.05, 3.63) is 16.3 Å². The van der Waals surface area contributed by atoms with Crippen molar-refractivity contribution in [1.29, 1.82) is 0 Å². The summed E-state index contributed by atoms with van der Waals surface area (Å²) in [6, 6.07) is 0.531. The standard InChI is InChI=1S/C15H22N8S/c1-8(13-22-23-14(16)24-13)18-12-10-4-6-17-7-5-11(10)20-15(21-12)19-9-2-3-9/h8-9,17H,2-7H2,1H3,(H2,16,23)(H2,18,19,20,21). The molecule has 3 heterocycles. The fourth-order valence-corrected chi connectivity index (χ4v) is 3.44. The van der Waals surface area contributed by atoms with E-state index in [1.807, 2.05) is 0 Å². The van der Waals surface area contributed by atoms with Crippen LogP contribution in [0.3, 0.4) is 0 Å². The molecular weight excluding hydrogens is 324 g/mol. The molecule has 8 nitrogen and oxygen atoms in total. The molecule has 128 valence electrons. The third-order valence-corrected chi connectivity index (χ3v) is 5.21. The summed E-state index contributed by atoms with van der Waals surface area (Å²) in [5, 5.41) is 19.7. The number of fused-ring (bicyclic) bond motifs is 1. The molecule has 1 saturated carbocycles. The molecule has 0 amide bonds. The van der Waals surface area contributed by atoms with Crippen molar-refractivity contribution in [3.63, 3.8) is 0 Å². The van der Waals surface area contributed by atoms with Crippen LogP contribution in [0.2, 0.25) is 0 Å². The van der Waals surface area contributed by atoms with Gasteiger partial charge in [0.1, 0.15) is 10.8 Å². The van der Waals surface area contributed by atoms with Gasteiger partial charge in [-0.1, -0.05) is 11.3 Å². The van der Waals surface area contributed by atoms with Crippen molar-refractivity contribution in [1.82, 2.24) is 25.5 Å². The maximum absolute atomic E-state index is 5.70. The molecule has 1 aliphatic carbocycles. The average molecular weight is 346 g/mol. The second-order valence-electron chi connectivity index (χ2n) is 6.33. The molecular formula is C15H22N8S. The predicted molar refractivity (Wildman–Crippen MR) is 95.3 cm³/mol. The Morgan fingerprint density at radius 1 is 1.21 bits per heavy atom. The largest absolute Gasteiger partial charge is 0.374 e. The Balaban J connectivity index is 1.63. The smallest absolute Gasteiger partial charge is 0.225 e. The minimum absolute atomic E-state index is 0.00351. The zero-order valence-electron chi connectivity index (χ0n) is 13.7. The molecule has 0 spiro atoms. The highest BCUT2D eigenvalue weighted by molar-refractivity contribution is 7.15. The maximum atomic E-state index is 5.70. The molecule has 2 aromatic heterocycles. The lowest BCUT2D eigenvalue weighted by Crippen LogP contribution is -2.16. The van der Waals surface area contributed by atoms with E-state index in [-0.39, 0.29) is 6.04 Å². The number of aromatic nitrogens is 4. The third-order valence-electron chi connectivity index (χ3n) is 4.27. The van der Waals surface area contributed by atoms with Gasteiger partial charge in [0.2, 0.25) is 11.1 Å². The van der Waals surface area contributed by atoms with Gasteiger partial charge in [-0.05, 0) is 32.7 Å². The highest BCUT2D eigenvalue weighted by Gasteiger charge is 2.24. The van der Waals surface area contributed by atoms with E-state index in [4.69, 9.17) is 15.7 Å². The van der Waals surface area contributed by atoms with Crippen LogP contribution < -0.4 is 21.7 Å². The first kappa shape index (κ1) is 15.5.